The normalized spacial score (nSPS) is 10.5. The van der Waals surface area contributed by atoms with E-state index in [1.165, 1.54) is 24.5 Å². The molecule has 0 aliphatic rings. The number of rotatable bonds is 8. The number of hydrogen-bond acceptors (Lipinski definition) is 9. The Morgan fingerprint density at radius 3 is 2.80 bits per heavy atom. The largest absolute Gasteiger partial charge is 0.465 e. The highest BCUT2D eigenvalue weighted by molar-refractivity contribution is 7.08. The molecule has 0 atom stereocenters. The smallest absolute Gasteiger partial charge is 0.337 e. The van der Waals surface area contributed by atoms with E-state index in [2.05, 4.69) is 20.2 Å². The van der Waals surface area contributed by atoms with Gasteiger partial charge in [0.05, 0.1) is 19.1 Å². The van der Waals surface area contributed by atoms with Gasteiger partial charge in [0.15, 0.2) is 6.61 Å². The second kappa shape index (κ2) is 9.79. The molecule has 2 aromatic heterocycles. The topological polar surface area (TPSA) is 121 Å². The fourth-order valence-corrected chi connectivity index (χ4v) is 3.11. The van der Waals surface area contributed by atoms with Gasteiger partial charge in [-0.3, -0.25) is 9.59 Å². The lowest BCUT2D eigenvalue weighted by Gasteiger charge is -2.10. The maximum absolute atomic E-state index is 12.1. The number of hydrogen-bond donors (Lipinski definition) is 1. The first-order valence-electron chi connectivity index (χ1n) is 8.96. The fourth-order valence-electron chi connectivity index (χ4n) is 2.48. The Morgan fingerprint density at radius 2 is 2.07 bits per heavy atom. The summed E-state index contributed by atoms with van der Waals surface area (Å²) < 4.78 is 14.8. The van der Waals surface area contributed by atoms with Crippen LogP contribution in [0, 0.1) is 6.92 Å². The lowest BCUT2D eigenvalue weighted by atomic mass is 10.1. The monoisotopic (exact) mass is 429 g/mol. The number of nitrogens with one attached hydrogen (secondary N) is 1. The zero-order chi connectivity index (χ0) is 21.5. The highest BCUT2D eigenvalue weighted by Gasteiger charge is 2.14. The van der Waals surface area contributed by atoms with Gasteiger partial charge in [0.25, 0.3) is 5.91 Å². The second-order valence-corrected chi connectivity index (χ2v) is 7.03. The third-order valence-electron chi connectivity index (χ3n) is 4.09. The summed E-state index contributed by atoms with van der Waals surface area (Å²) in [5, 5.41) is 10.3. The maximum atomic E-state index is 12.1. The fraction of sp³-hybridized carbons (Fsp3) is 0.250. The van der Waals surface area contributed by atoms with Gasteiger partial charge in [0.2, 0.25) is 11.7 Å². The van der Waals surface area contributed by atoms with Crippen molar-refractivity contribution in [2.45, 2.75) is 19.8 Å². The van der Waals surface area contributed by atoms with Crippen LogP contribution in [0.4, 0.5) is 5.69 Å². The van der Waals surface area contributed by atoms with Crippen LogP contribution in [0.25, 0.3) is 11.4 Å². The van der Waals surface area contributed by atoms with Gasteiger partial charge in [-0.25, -0.2) is 4.79 Å². The quantitative estimate of drug-likeness (QED) is 0.543. The molecule has 2 heterocycles. The number of amides is 1. The van der Waals surface area contributed by atoms with Crippen molar-refractivity contribution < 1.29 is 28.4 Å². The van der Waals surface area contributed by atoms with Crippen molar-refractivity contribution in [1.29, 1.82) is 0 Å². The molecule has 0 unspecified atom stereocenters. The minimum absolute atomic E-state index is 0.00456. The summed E-state index contributed by atoms with van der Waals surface area (Å²) in [5.41, 5.74) is 2.34. The number of aryl methyl sites for hydroxylation is 2. The summed E-state index contributed by atoms with van der Waals surface area (Å²) in [7, 11) is 1.27. The highest BCUT2D eigenvalue weighted by atomic mass is 32.1. The molecule has 0 spiro atoms. The molecular weight excluding hydrogens is 410 g/mol. The number of methoxy groups -OCH3 is 1. The first-order valence-corrected chi connectivity index (χ1v) is 9.90. The van der Waals surface area contributed by atoms with Crippen LogP contribution in [0.2, 0.25) is 0 Å². The van der Waals surface area contributed by atoms with Crippen LogP contribution in [-0.4, -0.2) is 41.7 Å². The molecule has 156 valence electrons. The molecule has 0 radical (unpaired) electrons. The first kappa shape index (κ1) is 21.2. The summed E-state index contributed by atoms with van der Waals surface area (Å²) in [6, 6.07) is 6.65. The van der Waals surface area contributed by atoms with Gasteiger partial charge < -0.3 is 19.3 Å². The minimum Gasteiger partial charge on any atom is -0.465 e. The number of benzene rings is 1. The molecule has 0 saturated heterocycles. The van der Waals surface area contributed by atoms with Crippen molar-refractivity contribution >= 4 is 34.9 Å². The summed E-state index contributed by atoms with van der Waals surface area (Å²) in [6.07, 6.45) is 0.202. The molecule has 30 heavy (non-hydrogen) atoms. The van der Waals surface area contributed by atoms with Crippen LogP contribution in [0.15, 0.2) is 39.5 Å². The number of ether oxygens (including phenoxy) is 2. The molecule has 0 bridgehead atoms. The van der Waals surface area contributed by atoms with Crippen LogP contribution in [0.1, 0.15) is 28.2 Å². The van der Waals surface area contributed by atoms with Crippen LogP contribution in [0.5, 0.6) is 0 Å². The Bertz CT molecular complexity index is 1040. The number of esters is 2. The lowest BCUT2D eigenvalue weighted by Crippen LogP contribution is -2.21. The SMILES string of the molecule is COC(=O)c1ccc(C)c(NC(=O)COC(=O)CCc2nc(-c3ccsc3)no2)c1. The highest BCUT2D eigenvalue weighted by Crippen LogP contribution is 2.19. The number of carbonyl (C=O) groups is 3. The number of thiophene rings is 1. The van der Waals surface area contributed by atoms with Gasteiger partial charge in [-0.05, 0) is 36.1 Å². The zero-order valence-corrected chi connectivity index (χ0v) is 17.2. The van der Waals surface area contributed by atoms with Gasteiger partial charge >= 0.3 is 11.9 Å². The van der Waals surface area contributed by atoms with Gasteiger partial charge in [-0.15, -0.1) is 0 Å². The van der Waals surface area contributed by atoms with Crippen molar-refractivity contribution in [3.63, 3.8) is 0 Å². The zero-order valence-electron chi connectivity index (χ0n) is 16.3. The third kappa shape index (κ3) is 5.51. The van der Waals surface area contributed by atoms with Crippen LogP contribution in [0.3, 0.4) is 0 Å². The van der Waals surface area contributed by atoms with E-state index in [9.17, 15) is 14.4 Å². The van der Waals surface area contributed by atoms with Gasteiger partial charge in [0.1, 0.15) is 0 Å². The Labute approximate surface area is 176 Å². The van der Waals surface area contributed by atoms with Crippen LogP contribution in [-0.2, 0) is 25.5 Å². The Kier molecular flexibility index (Phi) is 6.91. The molecule has 3 aromatic rings. The lowest BCUT2D eigenvalue weighted by molar-refractivity contribution is -0.147. The summed E-state index contributed by atoms with van der Waals surface area (Å²) in [5.74, 6) is -0.831. The van der Waals surface area contributed by atoms with Gasteiger partial charge in [-0.1, -0.05) is 11.2 Å². The van der Waals surface area contributed by atoms with E-state index in [-0.39, 0.29) is 12.8 Å². The molecule has 0 aliphatic heterocycles. The number of aromatic nitrogens is 2. The maximum Gasteiger partial charge on any atom is 0.337 e. The van der Waals surface area contributed by atoms with Crippen LogP contribution >= 0.6 is 11.3 Å². The predicted octanol–water partition coefficient (Wildman–Crippen LogP) is 3.01. The van der Waals surface area contributed by atoms with E-state index in [4.69, 9.17) is 9.26 Å². The van der Waals surface area contributed by atoms with Crippen molar-refractivity contribution in [1.82, 2.24) is 10.1 Å². The second-order valence-electron chi connectivity index (χ2n) is 6.25. The molecule has 1 N–H and O–H groups in total. The number of nitrogens with zero attached hydrogens (tertiary/aromatic N) is 2. The molecule has 10 heteroatoms. The van der Waals surface area contributed by atoms with Crippen molar-refractivity contribution in [2.75, 3.05) is 19.0 Å². The molecular formula is C20H19N3O6S. The molecule has 0 fully saturated rings. The van der Waals surface area contributed by atoms with Crippen molar-refractivity contribution in [2.24, 2.45) is 0 Å². The van der Waals surface area contributed by atoms with E-state index in [0.717, 1.165) is 11.1 Å². The number of carbonyl (C=O) groups excluding carboxylic acids is 3. The standard InChI is InChI=1S/C20H19N3O6S/c1-12-3-4-13(20(26)27-2)9-15(12)21-16(24)10-28-18(25)6-5-17-22-19(23-29-17)14-7-8-30-11-14/h3-4,7-9,11H,5-6,10H2,1-2H3,(H,21,24). The first-order chi connectivity index (χ1) is 14.5. The summed E-state index contributed by atoms with van der Waals surface area (Å²) in [4.78, 5) is 39.8. The average molecular weight is 429 g/mol. The Morgan fingerprint density at radius 1 is 1.23 bits per heavy atom. The van der Waals surface area contributed by atoms with Crippen molar-refractivity contribution in [3.05, 3.63) is 52.0 Å². The van der Waals surface area contributed by atoms with Gasteiger partial charge in [0, 0.05) is 23.1 Å². The minimum atomic E-state index is -0.569. The Hall–Kier alpha value is -3.53. The Balaban J connectivity index is 1.46. The predicted molar refractivity (Wildman–Crippen MR) is 108 cm³/mol. The van der Waals surface area contributed by atoms with E-state index in [0.29, 0.717) is 23.0 Å². The van der Waals surface area contributed by atoms with Crippen LogP contribution < -0.4 is 5.32 Å². The third-order valence-corrected chi connectivity index (χ3v) is 4.77. The van der Waals surface area contributed by atoms with Crippen molar-refractivity contribution in [3.8, 4) is 11.4 Å². The summed E-state index contributed by atoms with van der Waals surface area (Å²) >= 11 is 1.52. The molecule has 3 rings (SSSR count). The molecule has 0 aliphatic carbocycles. The van der Waals surface area contributed by atoms with E-state index in [1.54, 1.807) is 19.1 Å². The van der Waals surface area contributed by atoms with E-state index >= 15 is 0 Å². The summed E-state index contributed by atoms with van der Waals surface area (Å²) in [6.45, 7) is 1.32. The van der Waals surface area contributed by atoms with E-state index < -0.39 is 24.5 Å². The number of anilines is 1. The molecule has 1 amide bonds. The molecule has 1 aromatic carbocycles. The van der Waals surface area contributed by atoms with Gasteiger partial charge in [-0.2, -0.15) is 16.3 Å². The average Bonchev–Trinajstić information content (AvgIpc) is 3.43. The molecule has 0 saturated carbocycles. The van der Waals surface area contributed by atoms with E-state index in [1.807, 2.05) is 16.8 Å². The molecule has 9 nitrogen and oxygen atoms in total.